The van der Waals surface area contributed by atoms with Gasteiger partial charge in [0.25, 0.3) is 0 Å². The maximum atomic E-state index is 12.8. The van der Waals surface area contributed by atoms with Crippen molar-refractivity contribution in [1.82, 2.24) is 30.1 Å². The highest BCUT2D eigenvalue weighted by molar-refractivity contribution is 7.99. The first-order valence-corrected chi connectivity index (χ1v) is 10.8. The summed E-state index contributed by atoms with van der Waals surface area (Å²) in [5.74, 6) is 1.03. The van der Waals surface area contributed by atoms with Crippen LogP contribution < -0.4 is 4.90 Å². The van der Waals surface area contributed by atoms with Gasteiger partial charge >= 0.3 is 6.18 Å². The van der Waals surface area contributed by atoms with Crippen molar-refractivity contribution >= 4 is 35.1 Å². The van der Waals surface area contributed by atoms with Crippen molar-refractivity contribution in [3.63, 3.8) is 0 Å². The first kappa shape index (κ1) is 22.4. The third-order valence-corrected chi connectivity index (χ3v) is 6.01. The van der Waals surface area contributed by atoms with Crippen molar-refractivity contribution in [3.8, 4) is 0 Å². The Morgan fingerprint density at radius 2 is 2.03 bits per heavy atom. The molecule has 1 aliphatic heterocycles. The largest absolute Gasteiger partial charge is 0.467 e. The highest BCUT2D eigenvalue weighted by atomic mass is 35.5. The normalized spacial score (nSPS) is 14.8. The number of furan rings is 1. The summed E-state index contributed by atoms with van der Waals surface area (Å²) in [6, 6.07) is 4.44. The third-order valence-electron chi connectivity index (χ3n) is 4.79. The van der Waals surface area contributed by atoms with Gasteiger partial charge in [-0.05, 0) is 28.6 Å². The summed E-state index contributed by atoms with van der Waals surface area (Å²) in [5, 5.41) is 11.9. The molecule has 0 aliphatic carbocycles. The Kier molecular flexibility index (Phi) is 6.55. The van der Waals surface area contributed by atoms with Crippen LogP contribution in [-0.2, 0) is 17.5 Å². The van der Waals surface area contributed by atoms with Crippen LogP contribution in [0.15, 0.2) is 40.2 Å². The van der Waals surface area contributed by atoms with Gasteiger partial charge in [-0.1, -0.05) is 23.4 Å². The SMILES string of the molecule is O=C(CSc1nnnn1Cc1ccco1)N1CCN(c2ncc(C(F)(F)F)cc2Cl)CC1. The number of pyridine rings is 1. The number of tetrazole rings is 1. The fraction of sp³-hybridized carbons (Fsp3) is 0.389. The molecule has 1 fully saturated rings. The van der Waals surface area contributed by atoms with Crippen LogP contribution in [0.25, 0.3) is 0 Å². The molecule has 0 spiro atoms. The number of nitrogens with zero attached hydrogens (tertiary/aromatic N) is 7. The van der Waals surface area contributed by atoms with Crippen LogP contribution in [0.1, 0.15) is 11.3 Å². The Labute approximate surface area is 189 Å². The van der Waals surface area contributed by atoms with E-state index in [9.17, 15) is 18.0 Å². The number of piperazine rings is 1. The van der Waals surface area contributed by atoms with Gasteiger partial charge in [0.15, 0.2) is 0 Å². The van der Waals surface area contributed by atoms with Crippen LogP contribution >= 0.6 is 23.4 Å². The monoisotopic (exact) mass is 487 g/mol. The number of carbonyl (C=O) groups excluding carboxylic acids is 1. The van der Waals surface area contributed by atoms with Crippen LogP contribution in [-0.4, -0.2) is 67.9 Å². The minimum atomic E-state index is -4.50. The molecule has 3 aromatic rings. The number of hydrogen-bond donors (Lipinski definition) is 0. The number of hydrogen-bond acceptors (Lipinski definition) is 8. The summed E-state index contributed by atoms with van der Waals surface area (Å²) in [4.78, 5) is 19.9. The van der Waals surface area contributed by atoms with E-state index in [0.29, 0.717) is 43.6 Å². The summed E-state index contributed by atoms with van der Waals surface area (Å²) in [5.41, 5.74) is -0.897. The smallest absolute Gasteiger partial charge is 0.417 e. The fourth-order valence-electron chi connectivity index (χ4n) is 3.15. The predicted octanol–water partition coefficient (Wildman–Crippen LogP) is 2.82. The summed E-state index contributed by atoms with van der Waals surface area (Å²) in [6.45, 7) is 1.97. The molecule has 0 bridgehead atoms. The van der Waals surface area contributed by atoms with Gasteiger partial charge in [-0.15, -0.1) is 5.10 Å². The molecular weight excluding hydrogens is 471 g/mol. The van der Waals surface area contributed by atoms with Crippen molar-refractivity contribution in [2.75, 3.05) is 36.8 Å². The van der Waals surface area contributed by atoms with E-state index >= 15 is 0 Å². The molecular formula is C18H17ClF3N7O2S. The first-order valence-electron chi connectivity index (χ1n) is 9.48. The number of carbonyl (C=O) groups is 1. The number of thioether (sulfide) groups is 1. The fourth-order valence-corrected chi connectivity index (χ4v) is 4.22. The van der Waals surface area contributed by atoms with Crippen molar-refractivity contribution in [3.05, 3.63) is 47.0 Å². The second-order valence-electron chi connectivity index (χ2n) is 6.88. The van der Waals surface area contributed by atoms with Crippen molar-refractivity contribution < 1.29 is 22.4 Å². The van der Waals surface area contributed by atoms with Crippen molar-refractivity contribution in [2.45, 2.75) is 17.9 Å². The Morgan fingerprint density at radius 3 is 2.69 bits per heavy atom. The van der Waals surface area contributed by atoms with Gasteiger partial charge in [0, 0.05) is 32.4 Å². The van der Waals surface area contributed by atoms with E-state index in [-0.39, 0.29) is 22.5 Å². The molecule has 9 nitrogen and oxygen atoms in total. The Hall–Kier alpha value is -2.80. The van der Waals surface area contributed by atoms with Crippen LogP contribution in [0.2, 0.25) is 5.02 Å². The Morgan fingerprint density at radius 1 is 1.25 bits per heavy atom. The molecule has 0 saturated carbocycles. The van der Waals surface area contributed by atoms with Gasteiger partial charge < -0.3 is 14.2 Å². The quantitative estimate of drug-likeness (QED) is 0.490. The molecule has 0 aromatic carbocycles. The van der Waals surface area contributed by atoms with Crippen molar-refractivity contribution in [2.24, 2.45) is 0 Å². The molecule has 170 valence electrons. The number of rotatable bonds is 6. The molecule has 0 atom stereocenters. The van der Waals surface area contributed by atoms with Crippen LogP contribution in [0.3, 0.4) is 0 Å². The zero-order valence-electron chi connectivity index (χ0n) is 16.5. The predicted molar refractivity (Wildman–Crippen MR) is 109 cm³/mol. The summed E-state index contributed by atoms with van der Waals surface area (Å²) >= 11 is 7.25. The molecule has 1 saturated heterocycles. The summed E-state index contributed by atoms with van der Waals surface area (Å²) < 4.78 is 45.2. The van der Waals surface area contributed by atoms with Gasteiger partial charge in [0.1, 0.15) is 18.1 Å². The molecule has 1 aliphatic rings. The van der Waals surface area contributed by atoms with Gasteiger partial charge in [-0.2, -0.15) is 13.2 Å². The molecule has 4 heterocycles. The lowest BCUT2D eigenvalue weighted by atomic mass is 10.2. The van der Waals surface area contributed by atoms with Crippen LogP contribution in [0, 0.1) is 0 Å². The Bertz CT molecular complexity index is 1070. The maximum Gasteiger partial charge on any atom is 0.417 e. The molecule has 14 heteroatoms. The van der Waals surface area contributed by atoms with E-state index in [1.54, 1.807) is 32.9 Å². The van der Waals surface area contributed by atoms with E-state index < -0.39 is 11.7 Å². The molecule has 3 aromatic heterocycles. The number of halogens is 4. The average molecular weight is 488 g/mol. The van der Waals surface area contributed by atoms with E-state index in [4.69, 9.17) is 16.0 Å². The summed E-state index contributed by atoms with van der Waals surface area (Å²) in [7, 11) is 0. The highest BCUT2D eigenvalue weighted by Gasteiger charge is 2.32. The third kappa shape index (κ3) is 5.15. The molecule has 4 rings (SSSR count). The van der Waals surface area contributed by atoms with Gasteiger partial charge in [-0.3, -0.25) is 4.79 Å². The van der Waals surface area contributed by atoms with Crippen LogP contribution in [0.5, 0.6) is 0 Å². The minimum Gasteiger partial charge on any atom is -0.467 e. The molecule has 1 amide bonds. The maximum absolute atomic E-state index is 12.8. The number of anilines is 1. The van der Waals surface area contributed by atoms with E-state index in [1.165, 1.54) is 11.8 Å². The number of alkyl halides is 3. The minimum absolute atomic E-state index is 0.0708. The van der Waals surface area contributed by atoms with Gasteiger partial charge in [-0.25, -0.2) is 9.67 Å². The lowest BCUT2D eigenvalue weighted by molar-refractivity contribution is -0.137. The Balaban J connectivity index is 1.30. The molecule has 32 heavy (non-hydrogen) atoms. The molecule has 0 unspecified atom stereocenters. The zero-order valence-corrected chi connectivity index (χ0v) is 18.1. The van der Waals surface area contributed by atoms with Crippen molar-refractivity contribution in [1.29, 1.82) is 0 Å². The van der Waals surface area contributed by atoms with E-state index in [1.807, 2.05) is 0 Å². The molecule has 0 radical (unpaired) electrons. The average Bonchev–Trinajstić information content (AvgIpc) is 3.44. The first-order chi connectivity index (χ1) is 15.3. The van der Waals surface area contributed by atoms with E-state index in [0.717, 1.165) is 12.3 Å². The topological polar surface area (TPSA) is 93.2 Å². The number of aromatic nitrogens is 5. The van der Waals surface area contributed by atoms with Gasteiger partial charge in [0.2, 0.25) is 11.1 Å². The summed E-state index contributed by atoms with van der Waals surface area (Å²) in [6.07, 6.45) is -2.18. The van der Waals surface area contributed by atoms with Crippen LogP contribution in [0.4, 0.5) is 19.0 Å². The van der Waals surface area contributed by atoms with E-state index in [2.05, 4.69) is 20.5 Å². The second kappa shape index (κ2) is 9.36. The lowest BCUT2D eigenvalue weighted by Crippen LogP contribution is -2.49. The second-order valence-corrected chi connectivity index (χ2v) is 8.23. The van der Waals surface area contributed by atoms with Gasteiger partial charge in [0.05, 0.1) is 22.6 Å². The number of amides is 1. The molecule has 0 N–H and O–H groups in total. The lowest BCUT2D eigenvalue weighted by Gasteiger charge is -2.35. The zero-order chi connectivity index (χ0) is 22.7. The highest BCUT2D eigenvalue weighted by Crippen LogP contribution is 2.33. The standard InChI is InChI=1S/C18H17ClF3N7O2S/c19-14-8-12(18(20,21)22)9-23-16(14)28-5-3-27(4-6-28)15(30)11-32-17-24-25-26-29(17)10-13-2-1-7-31-13/h1-2,7-9H,3-6,10-11H2.